The number of hydrogen-bond donors (Lipinski definition) is 2. The number of nitrogens with one attached hydrogen (secondary N) is 2. The van der Waals surface area contributed by atoms with E-state index in [4.69, 9.17) is 14.7 Å². The molecule has 8 heteroatoms. The minimum Gasteiger partial charge on any atom is -0.378 e. The van der Waals surface area contributed by atoms with Gasteiger partial charge in [-0.15, -0.1) is 0 Å². The van der Waals surface area contributed by atoms with Crippen LogP contribution in [0.2, 0.25) is 0 Å². The maximum absolute atomic E-state index is 12.1. The maximum atomic E-state index is 12.1. The third kappa shape index (κ3) is 6.60. The lowest BCUT2D eigenvalue weighted by atomic mass is 9.97. The fraction of sp³-hybridized carbons (Fsp3) is 0.500. The number of thioether (sulfide) groups is 1. The minimum absolute atomic E-state index is 0.0402. The number of nitrogens with zero attached hydrogens (tertiary/aromatic N) is 3. The van der Waals surface area contributed by atoms with Crippen molar-refractivity contribution in [3.05, 3.63) is 36.0 Å². The van der Waals surface area contributed by atoms with Gasteiger partial charge in [0, 0.05) is 42.7 Å². The maximum Gasteiger partial charge on any atom is 0.319 e. The van der Waals surface area contributed by atoms with Crippen molar-refractivity contribution in [2.75, 3.05) is 49.3 Å². The van der Waals surface area contributed by atoms with E-state index in [9.17, 15) is 4.79 Å². The summed E-state index contributed by atoms with van der Waals surface area (Å²) >= 11 is 1.74. The zero-order valence-corrected chi connectivity index (χ0v) is 19.0. The number of rotatable bonds is 6. The SMILES string of the molecule is CSCc1cc(N2CCOCC2)nc(-c2ccc(NC(=O)NCC(C)(C)C)cc2)n1. The molecule has 0 radical (unpaired) electrons. The summed E-state index contributed by atoms with van der Waals surface area (Å²) in [7, 11) is 0. The molecule has 1 aromatic heterocycles. The highest BCUT2D eigenvalue weighted by Crippen LogP contribution is 2.24. The lowest BCUT2D eigenvalue weighted by Gasteiger charge is -2.28. The van der Waals surface area contributed by atoms with Crippen LogP contribution in [0.5, 0.6) is 0 Å². The summed E-state index contributed by atoms with van der Waals surface area (Å²) in [6, 6.07) is 9.52. The zero-order valence-electron chi connectivity index (χ0n) is 18.2. The molecule has 0 saturated carbocycles. The predicted octanol–water partition coefficient (Wildman–Crippen LogP) is 4.01. The van der Waals surface area contributed by atoms with Gasteiger partial charge in [-0.25, -0.2) is 14.8 Å². The molecule has 30 heavy (non-hydrogen) atoms. The number of aromatic nitrogens is 2. The molecule has 7 nitrogen and oxygen atoms in total. The van der Waals surface area contributed by atoms with Crippen LogP contribution in [0, 0.1) is 5.41 Å². The van der Waals surface area contributed by atoms with Crippen molar-refractivity contribution in [2.45, 2.75) is 26.5 Å². The Morgan fingerprint density at radius 3 is 2.50 bits per heavy atom. The summed E-state index contributed by atoms with van der Waals surface area (Å²) in [5, 5.41) is 5.76. The Balaban J connectivity index is 1.74. The summed E-state index contributed by atoms with van der Waals surface area (Å²) in [5.74, 6) is 2.48. The van der Waals surface area contributed by atoms with E-state index in [1.807, 2.05) is 24.3 Å². The van der Waals surface area contributed by atoms with Gasteiger partial charge in [-0.05, 0) is 35.9 Å². The average Bonchev–Trinajstić information content (AvgIpc) is 2.73. The Morgan fingerprint density at radius 1 is 1.17 bits per heavy atom. The molecular formula is C22H31N5O2S. The fourth-order valence-corrected chi connectivity index (χ4v) is 3.46. The number of ether oxygens (including phenoxy) is 1. The van der Waals surface area contributed by atoms with E-state index in [0.29, 0.717) is 12.4 Å². The largest absolute Gasteiger partial charge is 0.378 e. The van der Waals surface area contributed by atoms with Gasteiger partial charge in [0.2, 0.25) is 0 Å². The molecule has 162 valence electrons. The summed E-state index contributed by atoms with van der Waals surface area (Å²) in [6.07, 6.45) is 2.07. The molecule has 0 unspecified atom stereocenters. The molecular weight excluding hydrogens is 398 g/mol. The van der Waals surface area contributed by atoms with Crippen LogP contribution in [0.3, 0.4) is 0 Å². The number of urea groups is 1. The quantitative estimate of drug-likeness (QED) is 0.722. The molecule has 0 spiro atoms. The van der Waals surface area contributed by atoms with Gasteiger partial charge in [0.05, 0.1) is 18.9 Å². The molecule has 1 fully saturated rings. The van der Waals surface area contributed by atoms with Crippen LogP contribution in [0.25, 0.3) is 11.4 Å². The number of benzene rings is 1. The summed E-state index contributed by atoms with van der Waals surface area (Å²) < 4.78 is 5.47. The lowest BCUT2D eigenvalue weighted by Crippen LogP contribution is -2.37. The van der Waals surface area contributed by atoms with Crippen molar-refractivity contribution in [3.63, 3.8) is 0 Å². The summed E-state index contributed by atoms with van der Waals surface area (Å²) in [5.41, 5.74) is 2.71. The van der Waals surface area contributed by atoms with Crippen LogP contribution in [0.1, 0.15) is 26.5 Å². The molecule has 0 bridgehead atoms. The molecule has 1 aliphatic rings. The second kappa shape index (κ2) is 10.1. The first kappa shape index (κ1) is 22.4. The normalized spacial score (nSPS) is 14.5. The predicted molar refractivity (Wildman–Crippen MR) is 124 cm³/mol. The first-order valence-corrected chi connectivity index (χ1v) is 11.6. The van der Waals surface area contributed by atoms with Crippen LogP contribution in [-0.2, 0) is 10.5 Å². The molecule has 1 aromatic carbocycles. The molecule has 0 aliphatic carbocycles. The molecule has 1 aliphatic heterocycles. The Hall–Kier alpha value is -2.32. The van der Waals surface area contributed by atoms with Gasteiger partial charge in [-0.3, -0.25) is 0 Å². The highest BCUT2D eigenvalue weighted by molar-refractivity contribution is 7.97. The molecule has 2 N–H and O–H groups in total. The minimum atomic E-state index is -0.203. The molecule has 1 saturated heterocycles. The van der Waals surface area contributed by atoms with Crippen molar-refractivity contribution in [1.29, 1.82) is 0 Å². The van der Waals surface area contributed by atoms with E-state index >= 15 is 0 Å². The zero-order chi connectivity index (χ0) is 21.6. The first-order valence-electron chi connectivity index (χ1n) is 10.2. The topological polar surface area (TPSA) is 79.4 Å². The molecule has 2 amide bonds. The first-order chi connectivity index (χ1) is 14.3. The van der Waals surface area contributed by atoms with E-state index in [0.717, 1.165) is 54.8 Å². The van der Waals surface area contributed by atoms with Crippen molar-refractivity contribution in [2.24, 2.45) is 5.41 Å². The van der Waals surface area contributed by atoms with Crippen LogP contribution in [0.15, 0.2) is 30.3 Å². The number of anilines is 2. The summed E-state index contributed by atoms with van der Waals surface area (Å²) in [6.45, 7) is 9.96. The molecule has 3 rings (SSSR count). The van der Waals surface area contributed by atoms with E-state index in [1.54, 1.807) is 11.8 Å². The van der Waals surface area contributed by atoms with Gasteiger partial charge in [0.1, 0.15) is 5.82 Å². The number of morpholine rings is 1. The van der Waals surface area contributed by atoms with E-state index in [-0.39, 0.29) is 11.4 Å². The van der Waals surface area contributed by atoms with Gasteiger partial charge in [0.25, 0.3) is 0 Å². The number of carbonyl (C=O) groups excluding carboxylic acids is 1. The Bertz CT molecular complexity index is 846. The molecule has 2 heterocycles. The van der Waals surface area contributed by atoms with Gasteiger partial charge in [-0.2, -0.15) is 11.8 Å². The second-order valence-corrected chi connectivity index (χ2v) is 9.39. The van der Waals surface area contributed by atoms with Gasteiger partial charge < -0.3 is 20.3 Å². The second-order valence-electron chi connectivity index (χ2n) is 8.52. The molecule has 0 atom stereocenters. The Kier molecular flexibility index (Phi) is 7.55. The lowest BCUT2D eigenvalue weighted by molar-refractivity contribution is 0.122. The van der Waals surface area contributed by atoms with Crippen molar-refractivity contribution >= 4 is 29.3 Å². The van der Waals surface area contributed by atoms with Crippen molar-refractivity contribution in [3.8, 4) is 11.4 Å². The smallest absolute Gasteiger partial charge is 0.319 e. The van der Waals surface area contributed by atoms with Crippen LogP contribution < -0.4 is 15.5 Å². The van der Waals surface area contributed by atoms with Crippen LogP contribution in [-0.4, -0.2) is 55.1 Å². The van der Waals surface area contributed by atoms with E-state index in [2.05, 4.69) is 48.6 Å². The number of hydrogen-bond acceptors (Lipinski definition) is 6. The Labute approximate surface area is 183 Å². The standard InChI is InChI=1S/C22H31N5O2S/c1-22(2,3)15-23-21(28)25-17-7-5-16(6-8-17)20-24-18(14-30-4)13-19(26-20)27-9-11-29-12-10-27/h5-8,13H,9-12,14-15H2,1-4H3,(H2,23,25,28). The number of amides is 2. The van der Waals surface area contributed by atoms with Crippen molar-refractivity contribution in [1.82, 2.24) is 15.3 Å². The van der Waals surface area contributed by atoms with Gasteiger partial charge >= 0.3 is 6.03 Å². The average molecular weight is 430 g/mol. The van der Waals surface area contributed by atoms with E-state index < -0.39 is 0 Å². The third-order valence-corrected chi connectivity index (χ3v) is 5.16. The van der Waals surface area contributed by atoms with E-state index in [1.165, 1.54) is 0 Å². The monoisotopic (exact) mass is 429 g/mol. The third-order valence-electron chi connectivity index (χ3n) is 4.57. The fourth-order valence-electron chi connectivity index (χ4n) is 3.01. The highest BCUT2D eigenvalue weighted by atomic mass is 32.2. The van der Waals surface area contributed by atoms with Crippen molar-refractivity contribution < 1.29 is 9.53 Å². The highest BCUT2D eigenvalue weighted by Gasteiger charge is 2.16. The van der Waals surface area contributed by atoms with Gasteiger partial charge in [0.15, 0.2) is 5.82 Å². The Morgan fingerprint density at radius 2 is 1.87 bits per heavy atom. The summed E-state index contributed by atoms with van der Waals surface area (Å²) in [4.78, 5) is 23.9. The molecule has 2 aromatic rings. The van der Waals surface area contributed by atoms with Crippen LogP contribution in [0.4, 0.5) is 16.3 Å². The number of carbonyl (C=O) groups is 1. The van der Waals surface area contributed by atoms with Gasteiger partial charge in [-0.1, -0.05) is 20.8 Å². The van der Waals surface area contributed by atoms with Crippen LogP contribution >= 0.6 is 11.8 Å².